The lowest BCUT2D eigenvalue weighted by Gasteiger charge is -2.09. The Balaban J connectivity index is 3.07. The molecular weight excluding hydrogens is 213 g/mol. The molecule has 0 aromatic heterocycles. The zero-order valence-corrected chi connectivity index (χ0v) is 7.73. The van der Waals surface area contributed by atoms with Gasteiger partial charge in [0.2, 0.25) is 0 Å². The Morgan fingerprint density at radius 1 is 1.62 bits per heavy atom. The van der Waals surface area contributed by atoms with E-state index in [9.17, 15) is 0 Å². The van der Waals surface area contributed by atoms with Crippen LogP contribution in [0.3, 0.4) is 0 Å². The van der Waals surface area contributed by atoms with Crippen LogP contribution in [0.5, 0.6) is 0 Å². The maximum atomic E-state index is 3.25. The van der Waals surface area contributed by atoms with Crippen LogP contribution in [-0.4, -0.2) is 17.5 Å². The molecular formula is C6H14IN. The van der Waals surface area contributed by atoms with Gasteiger partial charge in [0.25, 0.3) is 0 Å². The summed E-state index contributed by atoms with van der Waals surface area (Å²) in [6, 6.07) is 0.737. The predicted molar refractivity (Wildman–Crippen MR) is 46.6 cm³/mol. The van der Waals surface area contributed by atoms with Gasteiger partial charge in [-0.25, -0.2) is 0 Å². The van der Waals surface area contributed by atoms with Gasteiger partial charge in [-0.2, -0.15) is 0 Å². The lowest BCUT2D eigenvalue weighted by molar-refractivity contribution is 0.570. The second kappa shape index (κ2) is 5.82. The summed E-state index contributed by atoms with van der Waals surface area (Å²) < 4.78 is 1.22. The van der Waals surface area contributed by atoms with Gasteiger partial charge >= 0.3 is 0 Å². The van der Waals surface area contributed by atoms with Crippen molar-refractivity contribution in [3.05, 3.63) is 0 Å². The van der Waals surface area contributed by atoms with Crippen LogP contribution in [0.2, 0.25) is 0 Å². The maximum absolute atomic E-state index is 3.25. The Morgan fingerprint density at radius 3 is 2.38 bits per heavy atom. The first-order valence-electron chi connectivity index (χ1n) is 3.08. The topological polar surface area (TPSA) is 12.0 Å². The fourth-order valence-corrected chi connectivity index (χ4v) is 1.53. The van der Waals surface area contributed by atoms with E-state index in [1.807, 2.05) is 7.05 Å². The van der Waals surface area contributed by atoms with Gasteiger partial charge in [-0.15, -0.1) is 0 Å². The van der Waals surface area contributed by atoms with Crippen molar-refractivity contribution in [3.63, 3.8) is 0 Å². The minimum Gasteiger partial charge on any atom is -0.316 e. The molecule has 2 heteroatoms. The molecule has 1 unspecified atom stereocenters. The van der Waals surface area contributed by atoms with Crippen molar-refractivity contribution < 1.29 is 0 Å². The van der Waals surface area contributed by atoms with Crippen LogP contribution in [0, 0.1) is 0 Å². The van der Waals surface area contributed by atoms with E-state index in [-0.39, 0.29) is 0 Å². The van der Waals surface area contributed by atoms with E-state index < -0.39 is 0 Å². The Bertz CT molecular complexity index is 43.8. The summed E-state index contributed by atoms with van der Waals surface area (Å²) in [4.78, 5) is 0. The average molecular weight is 227 g/mol. The van der Waals surface area contributed by atoms with Crippen LogP contribution in [0.1, 0.15) is 19.8 Å². The van der Waals surface area contributed by atoms with Gasteiger partial charge in [-0.05, 0) is 13.5 Å². The van der Waals surface area contributed by atoms with Crippen LogP contribution in [0.4, 0.5) is 0 Å². The number of alkyl halides is 1. The first kappa shape index (κ1) is 8.69. The molecule has 0 bridgehead atoms. The Labute approximate surface area is 65.4 Å². The van der Waals surface area contributed by atoms with Crippen molar-refractivity contribution in [2.75, 3.05) is 11.5 Å². The van der Waals surface area contributed by atoms with E-state index in [4.69, 9.17) is 0 Å². The summed E-state index contributed by atoms with van der Waals surface area (Å²) in [5, 5.41) is 3.25. The van der Waals surface area contributed by atoms with Gasteiger partial charge in [-0.3, -0.25) is 0 Å². The number of nitrogens with one attached hydrogen (secondary N) is 1. The smallest absolute Gasteiger partial charge is 0.0154 e. The van der Waals surface area contributed by atoms with Gasteiger partial charge in [-0.1, -0.05) is 35.9 Å². The zero-order valence-electron chi connectivity index (χ0n) is 5.58. The minimum absolute atomic E-state index is 0.737. The number of halogens is 1. The second-order valence-electron chi connectivity index (χ2n) is 1.93. The summed E-state index contributed by atoms with van der Waals surface area (Å²) in [5.41, 5.74) is 0. The van der Waals surface area contributed by atoms with Crippen LogP contribution in [-0.2, 0) is 0 Å². The molecule has 0 heterocycles. The lowest BCUT2D eigenvalue weighted by atomic mass is 10.2. The Kier molecular flexibility index (Phi) is 6.32. The molecule has 0 spiro atoms. The fourth-order valence-electron chi connectivity index (χ4n) is 0.647. The van der Waals surface area contributed by atoms with E-state index >= 15 is 0 Å². The molecule has 0 aliphatic heterocycles. The third-order valence-corrected chi connectivity index (χ3v) is 2.29. The molecule has 0 amide bonds. The highest BCUT2D eigenvalue weighted by Crippen LogP contribution is 1.98. The number of hydrogen-bond donors (Lipinski definition) is 1. The van der Waals surface area contributed by atoms with Crippen molar-refractivity contribution in [3.8, 4) is 0 Å². The molecule has 0 fully saturated rings. The number of rotatable bonds is 4. The van der Waals surface area contributed by atoms with Crippen molar-refractivity contribution in [2.24, 2.45) is 0 Å². The molecule has 0 saturated carbocycles. The molecule has 8 heavy (non-hydrogen) atoms. The van der Waals surface area contributed by atoms with Crippen molar-refractivity contribution >= 4 is 22.6 Å². The molecule has 0 aromatic rings. The van der Waals surface area contributed by atoms with Crippen LogP contribution < -0.4 is 5.32 Å². The van der Waals surface area contributed by atoms with E-state index in [0.29, 0.717) is 0 Å². The molecule has 1 nitrogen and oxygen atoms in total. The molecule has 1 N–H and O–H groups in total. The minimum atomic E-state index is 0.737. The highest BCUT2D eigenvalue weighted by atomic mass is 127. The number of hydrogen-bond acceptors (Lipinski definition) is 1. The van der Waals surface area contributed by atoms with Gasteiger partial charge < -0.3 is 5.32 Å². The third-order valence-electron chi connectivity index (χ3n) is 1.23. The van der Waals surface area contributed by atoms with Gasteiger partial charge in [0, 0.05) is 10.5 Å². The summed E-state index contributed by atoms with van der Waals surface area (Å²) in [6.45, 7) is 2.22. The zero-order chi connectivity index (χ0) is 6.41. The third kappa shape index (κ3) is 3.66. The van der Waals surface area contributed by atoms with Gasteiger partial charge in [0.1, 0.15) is 0 Å². The van der Waals surface area contributed by atoms with Crippen molar-refractivity contribution in [1.82, 2.24) is 5.32 Å². The molecule has 50 valence electrons. The van der Waals surface area contributed by atoms with Gasteiger partial charge in [0.05, 0.1) is 0 Å². The van der Waals surface area contributed by atoms with E-state index in [1.54, 1.807) is 0 Å². The highest BCUT2D eigenvalue weighted by molar-refractivity contribution is 14.1. The second-order valence-corrected chi connectivity index (χ2v) is 2.81. The van der Waals surface area contributed by atoms with Gasteiger partial charge in [0.15, 0.2) is 0 Å². The maximum Gasteiger partial charge on any atom is 0.0154 e. The van der Waals surface area contributed by atoms with E-state index in [1.165, 1.54) is 17.3 Å². The average Bonchev–Trinajstić information content (AvgIpc) is 1.83. The Hall–Kier alpha value is 0.690. The molecule has 0 aliphatic rings. The van der Waals surface area contributed by atoms with Crippen molar-refractivity contribution in [1.29, 1.82) is 0 Å². The van der Waals surface area contributed by atoms with Crippen LogP contribution in [0.25, 0.3) is 0 Å². The van der Waals surface area contributed by atoms with Crippen molar-refractivity contribution in [2.45, 2.75) is 25.8 Å². The standard InChI is InChI=1S/C6H14IN/c1-3-4-6(5-7)8-2/h6,8H,3-5H2,1-2H3. The quantitative estimate of drug-likeness (QED) is 0.570. The molecule has 0 aliphatic carbocycles. The van der Waals surface area contributed by atoms with E-state index in [2.05, 4.69) is 34.8 Å². The monoisotopic (exact) mass is 227 g/mol. The summed E-state index contributed by atoms with van der Waals surface area (Å²) in [7, 11) is 2.03. The first-order chi connectivity index (χ1) is 3.85. The lowest BCUT2D eigenvalue weighted by Crippen LogP contribution is -2.25. The van der Waals surface area contributed by atoms with Crippen LogP contribution in [0.15, 0.2) is 0 Å². The van der Waals surface area contributed by atoms with E-state index in [0.717, 1.165) is 6.04 Å². The molecule has 0 aromatic carbocycles. The SMILES string of the molecule is CCCC(CI)NC. The molecule has 0 radical (unpaired) electrons. The summed E-state index contributed by atoms with van der Waals surface area (Å²) in [6.07, 6.45) is 2.59. The molecule has 1 atom stereocenters. The normalized spacial score (nSPS) is 13.9. The van der Waals surface area contributed by atoms with Crippen LogP contribution >= 0.6 is 22.6 Å². The molecule has 0 saturated heterocycles. The summed E-state index contributed by atoms with van der Waals surface area (Å²) in [5.74, 6) is 0. The fraction of sp³-hybridized carbons (Fsp3) is 1.00. The Morgan fingerprint density at radius 2 is 2.25 bits per heavy atom. The molecule has 0 rings (SSSR count). The largest absolute Gasteiger partial charge is 0.316 e. The first-order valence-corrected chi connectivity index (χ1v) is 4.61. The highest BCUT2D eigenvalue weighted by Gasteiger charge is 1.98. The summed E-state index contributed by atoms with van der Waals surface area (Å²) >= 11 is 2.41. The predicted octanol–water partition coefficient (Wildman–Crippen LogP) is 1.81.